The molecule has 0 radical (unpaired) electrons. The van der Waals surface area contributed by atoms with Crippen molar-refractivity contribution in [3.63, 3.8) is 0 Å². The highest BCUT2D eigenvalue weighted by Crippen LogP contribution is 2.26. The van der Waals surface area contributed by atoms with Gasteiger partial charge in [-0.3, -0.25) is 19.6 Å². The minimum Gasteiger partial charge on any atom is -0.341 e. The molecule has 0 saturated carbocycles. The van der Waals surface area contributed by atoms with Crippen LogP contribution in [0.25, 0.3) is 0 Å². The second-order valence-electron chi connectivity index (χ2n) is 7.83. The maximum atomic E-state index is 13.4. The topological polar surface area (TPSA) is 39.7 Å². The summed E-state index contributed by atoms with van der Waals surface area (Å²) in [6.45, 7) is 6.44. The third-order valence-corrected chi connectivity index (χ3v) is 5.90. The van der Waals surface area contributed by atoms with Crippen LogP contribution in [0.15, 0.2) is 54.7 Å². The van der Waals surface area contributed by atoms with Gasteiger partial charge >= 0.3 is 0 Å². The van der Waals surface area contributed by atoms with E-state index in [4.69, 9.17) is 0 Å². The summed E-state index contributed by atoms with van der Waals surface area (Å²) in [6, 6.07) is 16.2. The van der Waals surface area contributed by atoms with Gasteiger partial charge in [-0.15, -0.1) is 0 Å². The van der Waals surface area contributed by atoms with Crippen LogP contribution in [0.2, 0.25) is 0 Å². The number of pyridine rings is 1. The molecule has 1 aromatic heterocycles. The van der Waals surface area contributed by atoms with Crippen LogP contribution in [0.3, 0.4) is 0 Å². The Morgan fingerprint density at radius 1 is 0.857 bits per heavy atom. The standard InChI is InChI=1S/C23H30N4O/c28-23(27-13-7-2-8-14-27)22(20-9-3-1-4-10-20)26-17-15-25(16-18-26)19-21-11-5-6-12-24-21/h1,3-6,9-12,22H,2,7-8,13-19H2. The van der Waals surface area contributed by atoms with Crippen molar-refractivity contribution in [2.24, 2.45) is 0 Å². The van der Waals surface area contributed by atoms with Crippen molar-refractivity contribution in [2.45, 2.75) is 31.8 Å². The number of piperazine rings is 1. The molecule has 1 amide bonds. The molecule has 3 heterocycles. The summed E-state index contributed by atoms with van der Waals surface area (Å²) in [4.78, 5) is 24.8. The van der Waals surface area contributed by atoms with Gasteiger partial charge in [-0.2, -0.15) is 0 Å². The number of nitrogens with zero attached hydrogens (tertiary/aromatic N) is 4. The number of rotatable bonds is 5. The van der Waals surface area contributed by atoms with Gasteiger partial charge in [-0.1, -0.05) is 36.4 Å². The Morgan fingerprint density at radius 3 is 2.25 bits per heavy atom. The Morgan fingerprint density at radius 2 is 1.57 bits per heavy atom. The van der Waals surface area contributed by atoms with Crippen molar-refractivity contribution in [1.29, 1.82) is 0 Å². The summed E-state index contributed by atoms with van der Waals surface area (Å²) in [5.41, 5.74) is 2.23. The van der Waals surface area contributed by atoms with Gasteiger partial charge in [0, 0.05) is 52.0 Å². The van der Waals surface area contributed by atoms with E-state index in [9.17, 15) is 4.79 Å². The predicted molar refractivity (Wildman–Crippen MR) is 111 cm³/mol. The molecule has 5 nitrogen and oxygen atoms in total. The Labute approximate surface area is 168 Å². The fraction of sp³-hybridized carbons (Fsp3) is 0.478. The van der Waals surface area contributed by atoms with Gasteiger partial charge in [0.2, 0.25) is 5.91 Å². The summed E-state index contributed by atoms with van der Waals surface area (Å²) < 4.78 is 0. The largest absolute Gasteiger partial charge is 0.341 e. The molecule has 0 bridgehead atoms. The number of likely N-dealkylation sites (tertiary alicyclic amines) is 1. The van der Waals surface area contributed by atoms with Gasteiger partial charge in [0.25, 0.3) is 0 Å². The number of hydrogen-bond donors (Lipinski definition) is 0. The molecule has 2 fully saturated rings. The van der Waals surface area contributed by atoms with Gasteiger partial charge in [-0.25, -0.2) is 0 Å². The van der Waals surface area contributed by atoms with Crippen molar-refractivity contribution in [3.05, 3.63) is 66.0 Å². The smallest absolute Gasteiger partial charge is 0.244 e. The molecule has 5 heteroatoms. The van der Waals surface area contributed by atoms with E-state index in [-0.39, 0.29) is 11.9 Å². The average Bonchev–Trinajstić information content (AvgIpc) is 2.77. The predicted octanol–water partition coefficient (Wildman–Crippen LogP) is 2.95. The SMILES string of the molecule is O=C(C(c1ccccc1)N1CCN(Cc2ccccn2)CC1)N1CCCCC1. The van der Waals surface area contributed by atoms with Gasteiger partial charge in [0.05, 0.1) is 5.69 Å². The van der Waals surface area contributed by atoms with Crippen molar-refractivity contribution in [2.75, 3.05) is 39.3 Å². The molecule has 2 saturated heterocycles. The Kier molecular flexibility index (Phi) is 6.34. The quantitative estimate of drug-likeness (QED) is 0.802. The zero-order chi connectivity index (χ0) is 19.2. The maximum Gasteiger partial charge on any atom is 0.244 e. The second-order valence-corrected chi connectivity index (χ2v) is 7.83. The minimum absolute atomic E-state index is 0.156. The van der Waals surface area contributed by atoms with Gasteiger partial charge in [0.1, 0.15) is 6.04 Å². The Bertz CT molecular complexity index is 738. The first-order valence-electron chi connectivity index (χ1n) is 10.5. The lowest BCUT2D eigenvalue weighted by Crippen LogP contribution is -2.52. The van der Waals surface area contributed by atoms with Crippen LogP contribution < -0.4 is 0 Å². The molecular formula is C23H30N4O. The molecule has 0 aliphatic carbocycles. The lowest BCUT2D eigenvalue weighted by Gasteiger charge is -2.41. The number of benzene rings is 1. The second kappa shape index (κ2) is 9.30. The molecule has 0 N–H and O–H groups in total. The maximum absolute atomic E-state index is 13.4. The number of amides is 1. The summed E-state index contributed by atoms with van der Waals surface area (Å²) in [6.07, 6.45) is 5.36. The summed E-state index contributed by atoms with van der Waals surface area (Å²) >= 11 is 0. The fourth-order valence-electron chi connectivity index (χ4n) is 4.33. The van der Waals surface area contributed by atoms with E-state index in [1.807, 2.05) is 36.5 Å². The van der Waals surface area contributed by atoms with Gasteiger partial charge in [0.15, 0.2) is 0 Å². The van der Waals surface area contributed by atoms with E-state index in [0.29, 0.717) is 0 Å². The zero-order valence-corrected chi connectivity index (χ0v) is 16.5. The van der Waals surface area contributed by atoms with E-state index >= 15 is 0 Å². The molecule has 2 aromatic rings. The highest BCUT2D eigenvalue weighted by Gasteiger charge is 2.33. The van der Waals surface area contributed by atoms with E-state index < -0.39 is 0 Å². The number of piperidine rings is 1. The lowest BCUT2D eigenvalue weighted by molar-refractivity contribution is -0.139. The van der Waals surface area contributed by atoms with Gasteiger partial charge in [-0.05, 0) is 37.0 Å². The first-order valence-corrected chi connectivity index (χ1v) is 10.5. The van der Waals surface area contributed by atoms with Crippen LogP contribution in [0, 0.1) is 0 Å². The average molecular weight is 379 g/mol. The summed E-state index contributed by atoms with van der Waals surface area (Å²) in [7, 11) is 0. The Balaban J connectivity index is 1.44. The van der Waals surface area contributed by atoms with Crippen molar-refractivity contribution >= 4 is 5.91 Å². The summed E-state index contributed by atoms with van der Waals surface area (Å²) in [5.74, 6) is 0.282. The molecule has 1 aromatic carbocycles. The zero-order valence-electron chi connectivity index (χ0n) is 16.5. The van der Waals surface area contributed by atoms with E-state index in [1.165, 1.54) is 6.42 Å². The van der Waals surface area contributed by atoms with Crippen LogP contribution in [-0.2, 0) is 11.3 Å². The van der Waals surface area contributed by atoms with E-state index in [1.54, 1.807) is 0 Å². The molecular weight excluding hydrogens is 348 g/mol. The highest BCUT2D eigenvalue weighted by molar-refractivity contribution is 5.83. The third kappa shape index (κ3) is 4.59. The lowest BCUT2D eigenvalue weighted by atomic mass is 10.0. The first-order chi connectivity index (χ1) is 13.8. The van der Waals surface area contributed by atoms with E-state index in [0.717, 1.165) is 69.9 Å². The normalized spacial score (nSPS) is 20.1. The van der Waals surface area contributed by atoms with Crippen molar-refractivity contribution in [1.82, 2.24) is 19.7 Å². The van der Waals surface area contributed by atoms with Crippen LogP contribution >= 0.6 is 0 Å². The molecule has 2 aliphatic heterocycles. The van der Waals surface area contributed by atoms with Crippen molar-refractivity contribution in [3.8, 4) is 0 Å². The molecule has 28 heavy (non-hydrogen) atoms. The number of aromatic nitrogens is 1. The summed E-state index contributed by atoms with van der Waals surface area (Å²) in [5, 5.41) is 0. The van der Waals surface area contributed by atoms with E-state index in [2.05, 4.69) is 37.9 Å². The van der Waals surface area contributed by atoms with Crippen LogP contribution in [0.4, 0.5) is 0 Å². The fourth-order valence-corrected chi connectivity index (χ4v) is 4.33. The number of carbonyl (C=O) groups excluding carboxylic acids is 1. The van der Waals surface area contributed by atoms with Crippen LogP contribution in [0.5, 0.6) is 0 Å². The molecule has 1 unspecified atom stereocenters. The van der Waals surface area contributed by atoms with Crippen LogP contribution in [-0.4, -0.2) is 64.9 Å². The minimum atomic E-state index is -0.156. The highest BCUT2D eigenvalue weighted by atomic mass is 16.2. The molecule has 148 valence electrons. The Hall–Kier alpha value is -2.24. The van der Waals surface area contributed by atoms with Crippen LogP contribution in [0.1, 0.15) is 36.6 Å². The molecule has 4 rings (SSSR count). The monoisotopic (exact) mass is 378 g/mol. The third-order valence-electron chi connectivity index (χ3n) is 5.90. The molecule has 0 spiro atoms. The number of carbonyl (C=O) groups is 1. The first kappa shape index (κ1) is 19.1. The van der Waals surface area contributed by atoms with Gasteiger partial charge < -0.3 is 4.90 Å². The molecule has 2 aliphatic rings. The number of hydrogen-bond acceptors (Lipinski definition) is 4. The molecule has 1 atom stereocenters. The van der Waals surface area contributed by atoms with Crippen molar-refractivity contribution < 1.29 is 4.79 Å².